The Kier molecular flexibility index (Phi) is 105. The minimum atomic E-state index is 0. The molecule has 0 aromatic rings. The first-order chi connectivity index (χ1) is 48.3. The summed E-state index contributed by atoms with van der Waals surface area (Å²) in [6, 6.07) is 0. The third kappa shape index (κ3) is 88.3. The first kappa shape index (κ1) is 117. The minimum absolute atomic E-state index is 0. The van der Waals surface area contributed by atoms with Crippen molar-refractivity contribution >= 4 is 6.29 Å². The average molecular weight is 1460 g/mol. The number of carbonyl (C=O) groups is 1. The second-order valence-corrected chi connectivity index (χ2v) is 34.4. The maximum absolute atomic E-state index is 10.4. The summed E-state index contributed by atoms with van der Waals surface area (Å²) in [6.07, 6.45) is 55.5. The lowest BCUT2D eigenvalue weighted by Crippen LogP contribution is -2.30. The number of nitrogens with zero attached hydrogens (tertiary/aromatic N) is 2. The van der Waals surface area contributed by atoms with E-state index < -0.39 is 0 Å². The monoisotopic (exact) mass is 1450 g/mol. The zero-order valence-corrected chi connectivity index (χ0v) is 76.8. The highest BCUT2D eigenvalue weighted by Gasteiger charge is 2.19. The van der Waals surface area contributed by atoms with Crippen molar-refractivity contribution in [2.45, 2.75) is 423 Å². The fourth-order valence-electron chi connectivity index (χ4n) is 15.7. The topological polar surface area (TPSA) is 111 Å². The average Bonchev–Trinajstić information content (AvgIpc) is 0.984. The number of rotatable bonds is 62. The molecule has 0 aromatic heterocycles. The van der Waals surface area contributed by atoms with Crippen LogP contribution in [-0.4, -0.2) is 115 Å². The lowest BCUT2D eigenvalue weighted by atomic mass is 9.88. The molecule has 0 amide bonds. The summed E-state index contributed by atoms with van der Waals surface area (Å²) in [4.78, 5) is 15.3. The van der Waals surface area contributed by atoms with Gasteiger partial charge in [-0.05, 0) is 202 Å². The highest BCUT2D eigenvalue weighted by atomic mass is 16.3. The molecule has 0 heterocycles. The SMILES string of the molecule is CCCCC(CC)CC(C)C=O.CCCCC(CC)CC(C)CN(C)C.CCCCC(CC)CC(C)CN(C)CC(C)CC(CC)CCCC.CCCCC(CC)CC(C)CNC.CCCCC(CC)CC(C)CNCC(C)CC(CC)CCCC.CCCCC(CC)CC(C)CO.CNC.O. The zero-order chi connectivity index (χ0) is 78.5. The van der Waals surface area contributed by atoms with Gasteiger partial charge in [0.2, 0.25) is 0 Å². The number of nitrogens with one attached hydrogen (secondary N) is 3. The fraction of sp³-hybridized carbons (Fsp3) is 0.989. The molecule has 0 spiro atoms. The summed E-state index contributed by atoms with van der Waals surface area (Å²) in [6.45, 7) is 63.3. The Morgan fingerprint density at radius 2 is 0.520 bits per heavy atom. The van der Waals surface area contributed by atoms with Gasteiger partial charge in [-0.2, -0.15) is 0 Å². The van der Waals surface area contributed by atoms with Gasteiger partial charge in [0.1, 0.15) is 6.29 Å². The molecule has 0 fully saturated rings. The fourth-order valence-corrected chi connectivity index (χ4v) is 15.7. The van der Waals surface area contributed by atoms with Crippen molar-refractivity contribution < 1.29 is 15.4 Å². The van der Waals surface area contributed by atoms with Gasteiger partial charge < -0.3 is 41.1 Å². The first-order valence-electron chi connectivity index (χ1n) is 45.6. The van der Waals surface area contributed by atoms with Gasteiger partial charge in [-0.15, -0.1) is 0 Å². The Morgan fingerprint density at radius 1 is 0.314 bits per heavy atom. The van der Waals surface area contributed by atoms with Gasteiger partial charge in [0.25, 0.3) is 0 Å². The lowest BCUT2D eigenvalue weighted by Gasteiger charge is -2.28. The van der Waals surface area contributed by atoms with Crippen molar-refractivity contribution in [3.8, 4) is 0 Å². The largest absolute Gasteiger partial charge is 0.412 e. The summed E-state index contributed by atoms with van der Waals surface area (Å²) >= 11 is 0. The molecule has 0 aromatic carbocycles. The third-order valence-electron chi connectivity index (χ3n) is 22.2. The molecule has 102 heavy (non-hydrogen) atoms. The third-order valence-corrected chi connectivity index (χ3v) is 22.2. The van der Waals surface area contributed by atoms with E-state index in [-0.39, 0.29) is 11.4 Å². The normalized spacial score (nSPS) is 15.9. The van der Waals surface area contributed by atoms with Crippen molar-refractivity contribution in [3.63, 3.8) is 0 Å². The molecule has 0 saturated carbocycles. The van der Waals surface area contributed by atoms with Gasteiger partial charge in [-0.1, -0.05) is 372 Å². The van der Waals surface area contributed by atoms with Gasteiger partial charge in [0.15, 0.2) is 0 Å². The molecule has 0 aliphatic rings. The number of aliphatic hydroxyl groups is 1. The van der Waals surface area contributed by atoms with E-state index in [1.54, 1.807) is 0 Å². The quantitative estimate of drug-likeness (QED) is 0.0449. The molecule has 626 valence electrons. The summed E-state index contributed by atoms with van der Waals surface area (Å²) in [5.74, 6) is 13.1. The molecule has 0 aliphatic carbocycles. The molecule has 0 rings (SSSR count). The van der Waals surface area contributed by atoms with Crippen molar-refractivity contribution in [1.29, 1.82) is 0 Å². The van der Waals surface area contributed by atoms with E-state index in [0.717, 1.165) is 95.6 Å². The molecule has 0 radical (unpaired) electrons. The van der Waals surface area contributed by atoms with Crippen molar-refractivity contribution in [2.24, 2.45) is 94.7 Å². The summed E-state index contributed by atoms with van der Waals surface area (Å²) in [7, 11) is 12.5. The van der Waals surface area contributed by atoms with Crippen LogP contribution in [0.3, 0.4) is 0 Å². The second kappa shape index (κ2) is 91.0. The number of unbranched alkanes of at least 4 members (excludes halogenated alkanes) is 8. The zero-order valence-electron chi connectivity index (χ0n) is 76.8. The van der Waals surface area contributed by atoms with Crippen LogP contribution in [0.4, 0.5) is 0 Å². The Hall–Kier alpha value is -0.610. The molecule has 0 bridgehead atoms. The van der Waals surface area contributed by atoms with Crippen LogP contribution in [0.25, 0.3) is 0 Å². The second-order valence-electron chi connectivity index (χ2n) is 34.4. The van der Waals surface area contributed by atoms with E-state index in [0.29, 0.717) is 12.5 Å². The standard InChI is InChI=1S/C23H49N.C22H47N.C13H29N.C12H27N.C11H24O.C11H22O.C2H7N.H2O/c1-8-12-14-22(10-3)16-20(5)18-24(7)19-21(6)17-23(11-4)15-13-9-2;1-7-11-13-21(9-3)15-19(5)17-23-18-20(6)16-22(10-4)14-12-8-2;1-6-8-9-13(7-2)10-12(3)11-14(4)5;1-5-7-8-12(6-2)9-11(3)10-13-4;2*1-4-6-7-11(5-2)8-10(3)9-12;1-3-2;/h20-23H,8-19H2,1-7H3;19-23H,7-18H2,1-6H3;12-13H,6-11H2,1-5H3;11-13H,5-10H2,1-4H3;10-12H,4-9H2,1-3H3;9-11H,4-8H2,1-3H3;3H,1-2H3;1H2. The Morgan fingerprint density at radius 3 is 0.716 bits per heavy atom. The molecular weight excluding hydrogens is 1250 g/mol. The van der Waals surface area contributed by atoms with Crippen LogP contribution in [-0.2, 0) is 4.79 Å². The van der Waals surface area contributed by atoms with Gasteiger partial charge >= 0.3 is 0 Å². The van der Waals surface area contributed by atoms with E-state index in [9.17, 15) is 4.79 Å². The number of hydrogen-bond donors (Lipinski definition) is 4. The van der Waals surface area contributed by atoms with Gasteiger partial charge in [-0.25, -0.2) is 0 Å². The lowest BCUT2D eigenvalue weighted by molar-refractivity contribution is -0.111. The van der Waals surface area contributed by atoms with E-state index in [1.165, 1.54) is 290 Å². The molecule has 0 aliphatic heterocycles. The highest BCUT2D eigenvalue weighted by Crippen LogP contribution is 2.28. The van der Waals surface area contributed by atoms with Crippen molar-refractivity contribution in [1.82, 2.24) is 25.8 Å². The molecule has 6 N–H and O–H groups in total. The van der Waals surface area contributed by atoms with Crippen LogP contribution in [0, 0.1) is 94.7 Å². The summed E-state index contributed by atoms with van der Waals surface area (Å²) in [5.41, 5.74) is 0. The first-order valence-corrected chi connectivity index (χ1v) is 45.6. The van der Waals surface area contributed by atoms with E-state index >= 15 is 0 Å². The van der Waals surface area contributed by atoms with Crippen molar-refractivity contribution in [3.05, 3.63) is 0 Å². The van der Waals surface area contributed by atoms with Gasteiger partial charge in [0.05, 0.1) is 0 Å². The smallest absolute Gasteiger partial charge is 0.122 e. The van der Waals surface area contributed by atoms with Crippen LogP contribution in [0.1, 0.15) is 423 Å². The van der Waals surface area contributed by atoms with Crippen molar-refractivity contribution in [2.75, 3.05) is 88.2 Å². The molecular formula is C94H207N5O3. The Labute approximate surface area is 649 Å². The molecule has 16 atom stereocenters. The Bertz CT molecular complexity index is 1440. The maximum atomic E-state index is 10.4. The van der Waals surface area contributed by atoms with Gasteiger partial charge in [0, 0.05) is 32.2 Å². The molecule has 8 heteroatoms. The van der Waals surface area contributed by atoms with E-state index in [2.05, 4.69) is 206 Å². The molecule has 8 nitrogen and oxygen atoms in total. The molecule has 0 saturated heterocycles. The minimum Gasteiger partial charge on any atom is -0.412 e. The van der Waals surface area contributed by atoms with Crippen LogP contribution in [0.2, 0.25) is 0 Å². The predicted molar refractivity (Wildman–Crippen MR) is 471 cm³/mol. The summed E-state index contributed by atoms with van der Waals surface area (Å²) in [5, 5.41) is 18.7. The van der Waals surface area contributed by atoms with Crippen LogP contribution in [0.5, 0.6) is 0 Å². The number of carbonyl (C=O) groups excluding carboxylic acids is 1. The van der Waals surface area contributed by atoms with Crippen LogP contribution < -0.4 is 16.0 Å². The number of aliphatic hydroxyl groups excluding tert-OH is 1. The number of aldehydes is 1. The van der Waals surface area contributed by atoms with E-state index in [4.69, 9.17) is 5.11 Å². The van der Waals surface area contributed by atoms with Gasteiger partial charge in [-0.3, -0.25) is 0 Å². The summed E-state index contributed by atoms with van der Waals surface area (Å²) < 4.78 is 0. The predicted octanol–water partition coefficient (Wildman–Crippen LogP) is 27.4. The highest BCUT2D eigenvalue weighted by molar-refractivity contribution is 5.52. The number of hydrogen-bond acceptors (Lipinski definition) is 7. The van der Waals surface area contributed by atoms with Crippen LogP contribution >= 0.6 is 0 Å². The molecule has 16 unspecified atom stereocenters. The Balaban J connectivity index is -0.000000176. The van der Waals surface area contributed by atoms with Crippen LogP contribution in [0.15, 0.2) is 0 Å². The van der Waals surface area contributed by atoms with E-state index in [1.807, 2.05) is 28.1 Å². The maximum Gasteiger partial charge on any atom is 0.122 e.